The summed E-state index contributed by atoms with van der Waals surface area (Å²) >= 11 is 3.59. The fraction of sp³-hybridized carbons (Fsp3) is 0.786. The number of aliphatic hydroxyl groups excluding tert-OH is 1. The van der Waals surface area contributed by atoms with Crippen molar-refractivity contribution in [1.29, 1.82) is 0 Å². The van der Waals surface area contributed by atoms with Crippen LogP contribution in [0.3, 0.4) is 0 Å². The second-order valence-corrected chi connectivity index (χ2v) is 6.05. The van der Waals surface area contributed by atoms with Crippen molar-refractivity contribution in [3.8, 4) is 0 Å². The van der Waals surface area contributed by atoms with E-state index in [4.69, 9.17) is 4.74 Å². The Labute approximate surface area is 123 Å². The maximum atomic E-state index is 10.2. The molecule has 4 nitrogen and oxygen atoms in total. The van der Waals surface area contributed by atoms with Gasteiger partial charge in [-0.15, -0.1) is 0 Å². The number of hydrogen-bond acceptors (Lipinski definition) is 3. The van der Waals surface area contributed by atoms with Crippen LogP contribution in [0.2, 0.25) is 0 Å². The molecule has 0 amide bonds. The van der Waals surface area contributed by atoms with E-state index in [2.05, 4.69) is 28.0 Å². The molecule has 1 aromatic rings. The van der Waals surface area contributed by atoms with Crippen LogP contribution in [-0.2, 0) is 24.6 Å². The third-order valence-electron chi connectivity index (χ3n) is 3.78. The van der Waals surface area contributed by atoms with Gasteiger partial charge in [0.1, 0.15) is 0 Å². The molecular formula is C14H23BrN2O2. The minimum atomic E-state index is -0.319. The van der Waals surface area contributed by atoms with Crippen LogP contribution in [-0.4, -0.2) is 33.7 Å². The zero-order chi connectivity index (χ0) is 13.8. The molecule has 1 saturated heterocycles. The number of ether oxygens (including phenoxy) is 1. The first-order valence-corrected chi connectivity index (χ1v) is 7.91. The Morgan fingerprint density at radius 2 is 2.37 bits per heavy atom. The van der Waals surface area contributed by atoms with Gasteiger partial charge < -0.3 is 9.84 Å². The monoisotopic (exact) mass is 330 g/mol. The Morgan fingerprint density at radius 1 is 1.58 bits per heavy atom. The first-order valence-electron chi connectivity index (χ1n) is 7.11. The van der Waals surface area contributed by atoms with Crippen LogP contribution >= 0.6 is 15.9 Å². The largest absolute Gasteiger partial charge is 0.393 e. The molecule has 1 N–H and O–H groups in total. The van der Waals surface area contributed by atoms with Gasteiger partial charge in [-0.05, 0) is 48.0 Å². The number of aryl methyl sites for hydroxylation is 2. The fourth-order valence-corrected chi connectivity index (χ4v) is 3.40. The number of nitrogens with zero attached hydrogens (tertiary/aromatic N) is 2. The average molecular weight is 331 g/mol. The van der Waals surface area contributed by atoms with Crippen molar-refractivity contribution >= 4 is 15.9 Å². The molecule has 5 heteroatoms. The molecule has 1 aromatic heterocycles. The Bertz CT molecular complexity index is 414. The van der Waals surface area contributed by atoms with E-state index in [0.717, 1.165) is 54.6 Å². The lowest BCUT2D eigenvalue weighted by Crippen LogP contribution is -2.16. The van der Waals surface area contributed by atoms with Gasteiger partial charge >= 0.3 is 0 Å². The summed E-state index contributed by atoms with van der Waals surface area (Å²) < 4.78 is 8.51. The first-order chi connectivity index (χ1) is 9.11. The van der Waals surface area contributed by atoms with Gasteiger partial charge in [0.25, 0.3) is 0 Å². The van der Waals surface area contributed by atoms with Crippen molar-refractivity contribution in [1.82, 2.24) is 9.78 Å². The van der Waals surface area contributed by atoms with Crippen molar-refractivity contribution in [2.45, 2.75) is 57.7 Å². The second kappa shape index (κ2) is 6.86. The molecule has 0 saturated carbocycles. The van der Waals surface area contributed by atoms with Crippen LogP contribution < -0.4 is 0 Å². The van der Waals surface area contributed by atoms with E-state index in [-0.39, 0.29) is 6.10 Å². The van der Waals surface area contributed by atoms with Gasteiger partial charge in [-0.2, -0.15) is 5.10 Å². The standard InChI is InChI=1S/C14H23BrN2O2/c1-3-12-14(15)13(17(2)16-12)9-10(18)6-7-11-5-4-8-19-11/h10-11,18H,3-9H2,1-2H3. The first kappa shape index (κ1) is 15.0. The molecule has 2 rings (SSSR count). The summed E-state index contributed by atoms with van der Waals surface area (Å²) in [5, 5.41) is 14.6. The van der Waals surface area contributed by atoms with Crippen LogP contribution in [0.25, 0.3) is 0 Å². The number of aromatic nitrogens is 2. The maximum Gasteiger partial charge on any atom is 0.0766 e. The molecule has 0 bridgehead atoms. The van der Waals surface area contributed by atoms with E-state index in [0.29, 0.717) is 12.5 Å². The van der Waals surface area contributed by atoms with Crippen LogP contribution in [0.4, 0.5) is 0 Å². The molecular weight excluding hydrogens is 308 g/mol. The molecule has 1 aliphatic rings. The van der Waals surface area contributed by atoms with E-state index in [9.17, 15) is 5.11 Å². The highest BCUT2D eigenvalue weighted by atomic mass is 79.9. The molecule has 0 radical (unpaired) electrons. The third-order valence-corrected chi connectivity index (χ3v) is 4.69. The Morgan fingerprint density at radius 3 is 2.95 bits per heavy atom. The smallest absolute Gasteiger partial charge is 0.0766 e. The van der Waals surface area contributed by atoms with Crippen molar-refractivity contribution in [3.63, 3.8) is 0 Å². The fourth-order valence-electron chi connectivity index (χ4n) is 2.62. The number of halogens is 1. The van der Waals surface area contributed by atoms with Gasteiger partial charge in [0.15, 0.2) is 0 Å². The predicted octanol–water partition coefficient (Wildman–Crippen LogP) is 2.61. The predicted molar refractivity (Wildman–Crippen MR) is 78.2 cm³/mol. The van der Waals surface area contributed by atoms with Gasteiger partial charge in [0.05, 0.1) is 28.1 Å². The lowest BCUT2D eigenvalue weighted by molar-refractivity contribution is 0.0808. The molecule has 0 aliphatic carbocycles. The Kier molecular flexibility index (Phi) is 5.42. The Balaban J connectivity index is 1.87. The molecule has 108 valence electrons. The summed E-state index contributed by atoms with van der Waals surface area (Å²) in [6.45, 7) is 2.97. The van der Waals surface area contributed by atoms with E-state index in [1.54, 1.807) is 0 Å². The summed E-state index contributed by atoms with van der Waals surface area (Å²) in [5.74, 6) is 0. The summed E-state index contributed by atoms with van der Waals surface area (Å²) in [6, 6.07) is 0. The lowest BCUT2D eigenvalue weighted by Gasteiger charge is -2.14. The second-order valence-electron chi connectivity index (χ2n) is 5.25. The summed E-state index contributed by atoms with van der Waals surface area (Å²) in [7, 11) is 1.94. The van der Waals surface area contributed by atoms with Crippen molar-refractivity contribution in [3.05, 3.63) is 15.9 Å². The topological polar surface area (TPSA) is 47.3 Å². The lowest BCUT2D eigenvalue weighted by atomic mass is 10.0. The molecule has 2 unspecified atom stereocenters. The zero-order valence-corrected chi connectivity index (χ0v) is 13.3. The van der Waals surface area contributed by atoms with Crippen LogP contribution in [0, 0.1) is 0 Å². The van der Waals surface area contributed by atoms with Gasteiger partial charge in [-0.25, -0.2) is 0 Å². The van der Waals surface area contributed by atoms with Crippen molar-refractivity contribution in [2.24, 2.45) is 7.05 Å². The van der Waals surface area contributed by atoms with E-state index in [1.165, 1.54) is 0 Å². The van der Waals surface area contributed by atoms with Gasteiger partial charge in [0, 0.05) is 20.1 Å². The minimum Gasteiger partial charge on any atom is -0.393 e. The molecule has 0 spiro atoms. The van der Waals surface area contributed by atoms with Gasteiger partial charge in [-0.3, -0.25) is 4.68 Å². The minimum absolute atomic E-state index is 0.319. The van der Waals surface area contributed by atoms with E-state index in [1.807, 2.05) is 11.7 Å². The normalized spacial score (nSPS) is 20.9. The zero-order valence-electron chi connectivity index (χ0n) is 11.7. The van der Waals surface area contributed by atoms with Crippen LogP contribution in [0.15, 0.2) is 4.47 Å². The van der Waals surface area contributed by atoms with Crippen molar-refractivity contribution in [2.75, 3.05) is 6.61 Å². The highest BCUT2D eigenvalue weighted by Crippen LogP contribution is 2.24. The van der Waals surface area contributed by atoms with E-state index >= 15 is 0 Å². The van der Waals surface area contributed by atoms with Gasteiger partial charge in [0.2, 0.25) is 0 Å². The summed E-state index contributed by atoms with van der Waals surface area (Å²) in [5.41, 5.74) is 2.14. The quantitative estimate of drug-likeness (QED) is 0.872. The average Bonchev–Trinajstić information content (AvgIpc) is 2.99. The Hall–Kier alpha value is -0.390. The molecule has 2 heterocycles. The van der Waals surface area contributed by atoms with E-state index < -0.39 is 0 Å². The summed E-state index contributed by atoms with van der Waals surface area (Å²) in [6.07, 6.45) is 5.64. The highest BCUT2D eigenvalue weighted by molar-refractivity contribution is 9.10. The third kappa shape index (κ3) is 3.80. The van der Waals surface area contributed by atoms with Crippen LogP contribution in [0.1, 0.15) is 44.0 Å². The summed E-state index contributed by atoms with van der Waals surface area (Å²) in [4.78, 5) is 0. The molecule has 0 aromatic carbocycles. The maximum absolute atomic E-state index is 10.2. The van der Waals surface area contributed by atoms with Crippen molar-refractivity contribution < 1.29 is 9.84 Å². The molecule has 1 fully saturated rings. The molecule has 2 atom stereocenters. The SMILES string of the molecule is CCc1nn(C)c(CC(O)CCC2CCCO2)c1Br. The molecule has 1 aliphatic heterocycles. The number of rotatable bonds is 6. The molecule has 19 heavy (non-hydrogen) atoms. The van der Waals surface area contributed by atoms with Crippen LogP contribution in [0.5, 0.6) is 0 Å². The number of aliphatic hydroxyl groups is 1. The highest BCUT2D eigenvalue weighted by Gasteiger charge is 2.19. The number of hydrogen-bond donors (Lipinski definition) is 1. The van der Waals surface area contributed by atoms with Gasteiger partial charge in [-0.1, -0.05) is 6.92 Å².